The molecule has 2 fully saturated rings. The van der Waals surface area contributed by atoms with Crippen molar-refractivity contribution >= 4 is 16.9 Å². The summed E-state index contributed by atoms with van der Waals surface area (Å²) >= 11 is 0. The van der Waals surface area contributed by atoms with Crippen molar-refractivity contribution < 1.29 is 9.52 Å². The summed E-state index contributed by atoms with van der Waals surface area (Å²) in [6.07, 6.45) is 4.77. The molecule has 2 aliphatic heterocycles. The topological polar surface area (TPSA) is 96.4 Å². The number of hydrogen-bond donors (Lipinski definition) is 2. The molecule has 8 nitrogen and oxygen atoms in total. The van der Waals surface area contributed by atoms with Crippen molar-refractivity contribution in [3.8, 4) is 17.0 Å². The second-order valence-electron chi connectivity index (χ2n) is 7.91. The molecule has 4 heterocycles. The summed E-state index contributed by atoms with van der Waals surface area (Å²) in [5.41, 5.74) is 1.97. The van der Waals surface area contributed by atoms with Gasteiger partial charge in [0.05, 0.1) is 11.2 Å². The van der Waals surface area contributed by atoms with Crippen LogP contribution < -0.4 is 16.0 Å². The molecular weight excluding hydrogens is 358 g/mol. The van der Waals surface area contributed by atoms with Crippen LogP contribution in [0.3, 0.4) is 0 Å². The number of phenolic OH excluding ortho intramolecular Hbond substituents is 1. The van der Waals surface area contributed by atoms with Gasteiger partial charge in [0.1, 0.15) is 5.75 Å². The highest BCUT2D eigenvalue weighted by Crippen LogP contribution is 2.33. The average Bonchev–Trinajstić information content (AvgIpc) is 3.18. The summed E-state index contributed by atoms with van der Waals surface area (Å²) in [5, 5.41) is 22.8. The van der Waals surface area contributed by atoms with E-state index in [4.69, 9.17) is 4.42 Å². The molecule has 28 heavy (non-hydrogen) atoms. The van der Waals surface area contributed by atoms with Crippen molar-refractivity contribution in [3.05, 3.63) is 34.8 Å². The number of aryl methyl sites for hydroxylation is 1. The van der Waals surface area contributed by atoms with Crippen molar-refractivity contribution in [2.45, 2.75) is 43.8 Å². The largest absolute Gasteiger partial charge is 0.507 e. The first-order chi connectivity index (χ1) is 13.5. The molecule has 0 aliphatic carbocycles. The summed E-state index contributed by atoms with van der Waals surface area (Å²) < 4.78 is 6.57. The molecule has 8 heteroatoms. The van der Waals surface area contributed by atoms with Crippen LogP contribution in [-0.4, -0.2) is 45.0 Å². The van der Waals surface area contributed by atoms with Crippen LogP contribution in [0.5, 0.6) is 5.75 Å². The van der Waals surface area contributed by atoms with E-state index < -0.39 is 5.76 Å². The van der Waals surface area contributed by atoms with E-state index in [0.717, 1.165) is 18.7 Å². The van der Waals surface area contributed by atoms with E-state index in [2.05, 4.69) is 27.5 Å². The number of hydrogen-bond acceptors (Lipinski definition) is 7. The number of nitrogens with one attached hydrogen (secondary N) is 1. The van der Waals surface area contributed by atoms with Crippen LogP contribution in [0.1, 0.15) is 25.7 Å². The quantitative estimate of drug-likeness (QED) is 0.716. The van der Waals surface area contributed by atoms with Gasteiger partial charge < -0.3 is 19.7 Å². The predicted octanol–water partition coefficient (Wildman–Crippen LogP) is 2.01. The normalized spacial score (nSPS) is 24.0. The summed E-state index contributed by atoms with van der Waals surface area (Å²) in [6.45, 7) is 0. The summed E-state index contributed by atoms with van der Waals surface area (Å²) in [5.74, 6) is 0.390. The number of aromatic nitrogens is 3. The molecule has 2 aromatic heterocycles. The van der Waals surface area contributed by atoms with Crippen molar-refractivity contribution in [2.75, 3.05) is 11.9 Å². The predicted molar refractivity (Wildman–Crippen MR) is 106 cm³/mol. The first-order valence-electron chi connectivity index (χ1n) is 9.65. The van der Waals surface area contributed by atoms with Gasteiger partial charge in [0, 0.05) is 43.9 Å². The number of nitrogens with zero attached hydrogens (tertiary/aromatic N) is 4. The van der Waals surface area contributed by atoms with E-state index in [9.17, 15) is 9.90 Å². The molecule has 2 unspecified atom stereocenters. The van der Waals surface area contributed by atoms with Crippen LogP contribution in [0.15, 0.2) is 33.5 Å². The van der Waals surface area contributed by atoms with E-state index in [1.807, 2.05) is 12.1 Å². The highest BCUT2D eigenvalue weighted by atomic mass is 16.4. The maximum Gasteiger partial charge on any atom is 0.419 e. The van der Waals surface area contributed by atoms with E-state index in [-0.39, 0.29) is 5.75 Å². The third-order valence-electron chi connectivity index (χ3n) is 6.19. The van der Waals surface area contributed by atoms with Crippen molar-refractivity contribution in [1.29, 1.82) is 0 Å². The van der Waals surface area contributed by atoms with Gasteiger partial charge >= 0.3 is 5.76 Å². The molecule has 3 aromatic rings. The maximum atomic E-state index is 11.7. The third kappa shape index (κ3) is 2.75. The summed E-state index contributed by atoms with van der Waals surface area (Å²) in [6, 6.07) is 8.60. The fourth-order valence-corrected chi connectivity index (χ4v) is 4.55. The number of benzene rings is 1. The van der Waals surface area contributed by atoms with Crippen LogP contribution in [0.25, 0.3) is 22.4 Å². The average molecular weight is 381 g/mol. The zero-order valence-electron chi connectivity index (χ0n) is 15.9. The van der Waals surface area contributed by atoms with Gasteiger partial charge in [-0.15, -0.1) is 10.2 Å². The van der Waals surface area contributed by atoms with Gasteiger partial charge in [-0.3, -0.25) is 4.57 Å². The second-order valence-corrected chi connectivity index (χ2v) is 7.91. The van der Waals surface area contributed by atoms with E-state index in [1.54, 1.807) is 13.1 Å². The lowest BCUT2D eigenvalue weighted by atomic mass is 9.98. The van der Waals surface area contributed by atoms with Crippen LogP contribution >= 0.6 is 0 Å². The zero-order valence-corrected chi connectivity index (χ0v) is 15.9. The molecule has 0 radical (unpaired) electrons. The van der Waals surface area contributed by atoms with Crippen LogP contribution in [-0.2, 0) is 7.05 Å². The Morgan fingerprint density at radius 1 is 1.21 bits per heavy atom. The number of phenols is 1. The zero-order chi connectivity index (χ0) is 19.4. The van der Waals surface area contributed by atoms with Crippen molar-refractivity contribution in [3.63, 3.8) is 0 Å². The van der Waals surface area contributed by atoms with Gasteiger partial charge in [0.15, 0.2) is 11.4 Å². The lowest BCUT2D eigenvalue weighted by Crippen LogP contribution is -2.47. The molecule has 2 saturated heterocycles. The minimum Gasteiger partial charge on any atom is -0.507 e. The first kappa shape index (κ1) is 17.2. The minimum absolute atomic E-state index is 0.0363. The Morgan fingerprint density at radius 2 is 1.96 bits per heavy atom. The SMILES string of the molecule is CN(c1ccc(-c2cc3oc(=O)n(C)c3cc2O)nn1)C1CC2CCC(C1)N2. The Morgan fingerprint density at radius 3 is 2.64 bits per heavy atom. The molecule has 146 valence electrons. The lowest BCUT2D eigenvalue weighted by Gasteiger charge is -2.36. The molecule has 1 aromatic carbocycles. The van der Waals surface area contributed by atoms with Gasteiger partial charge in [-0.1, -0.05) is 0 Å². The Bertz CT molecular complexity index is 1080. The number of anilines is 1. The maximum absolute atomic E-state index is 11.7. The van der Waals surface area contributed by atoms with Crippen LogP contribution in [0.4, 0.5) is 5.82 Å². The fourth-order valence-electron chi connectivity index (χ4n) is 4.55. The Kier molecular flexibility index (Phi) is 3.90. The number of fused-ring (bicyclic) bond motifs is 3. The monoisotopic (exact) mass is 381 g/mol. The fraction of sp³-hybridized carbons (Fsp3) is 0.450. The highest BCUT2D eigenvalue weighted by molar-refractivity contribution is 5.83. The van der Waals surface area contributed by atoms with Gasteiger partial charge in [-0.05, 0) is 43.9 Å². The molecule has 5 rings (SSSR count). The minimum atomic E-state index is -0.467. The molecule has 2 N–H and O–H groups in total. The third-order valence-corrected chi connectivity index (χ3v) is 6.19. The second kappa shape index (κ2) is 6.34. The van der Waals surface area contributed by atoms with E-state index in [0.29, 0.717) is 40.5 Å². The van der Waals surface area contributed by atoms with Gasteiger partial charge in [0.2, 0.25) is 0 Å². The molecule has 2 atom stereocenters. The number of piperidine rings is 1. The number of rotatable bonds is 3. The molecule has 2 bridgehead atoms. The van der Waals surface area contributed by atoms with Crippen molar-refractivity contribution in [2.24, 2.45) is 7.05 Å². The molecule has 0 saturated carbocycles. The summed E-state index contributed by atoms with van der Waals surface area (Å²) in [7, 11) is 3.67. The highest BCUT2D eigenvalue weighted by Gasteiger charge is 2.35. The first-order valence-corrected chi connectivity index (χ1v) is 9.65. The number of aromatic hydroxyl groups is 1. The lowest BCUT2D eigenvalue weighted by molar-refractivity contribution is 0.353. The van der Waals surface area contributed by atoms with Crippen LogP contribution in [0, 0.1) is 0 Å². The number of oxazole rings is 1. The van der Waals surface area contributed by atoms with E-state index in [1.165, 1.54) is 23.5 Å². The Hall–Kier alpha value is -2.87. The van der Waals surface area contributed by atoms with E-state index >= 15 is 0 Å². The molecule has 0 amide bonds. The van der Waals surface area contributed by atoms with Gasteiger partial charge in [0.25, 0.3) is 0 Å². The Labute approximate surface area is 161 Å². The Balaban J connectivity index is 1.42. The van der Waals surface area contributed by atoms with Crippen molar-refractivity contribution in [1.82, 2.24) is 20.1 Å². The summed E-state index contributed by atoms with van der Waals surface area (Å²) in [4.78, 5) is 13.9. The molecule has 0 spiro atoms. The van der Waals surface area contributed by atoms with Crippen LogP contribution in [0.2, 0.25) is 0 Å². The smallest absolute Gasteiger partial charge is 0.419 e. The molecular formula is C20H23N5O3. The molecule has 2 aliphatic rings. The van der Waals surface area contributed by atoms with Gasteiger partial charge in [-0.25, -0.2) is 4.79 Å². The standard InChI is InChI=1S/C20H23N5O3/c1-24(13-7-11-3-4-12(8-13)21-11)19-6-5-15(22-23-19)14-9-18-16(10-17(14)26)25(2)20(27)28-18/h5-6,9-13,21,26H,3-4,7-8H2,1-2H3. The van der Waals surface area contributed by atoms with Gasteiger partial charge in [-0.2, -0.15) is 0 Å².